The SMILES string of the molecule is CCOc1ccc(N2CCC(c3ccc([C@H](C)NC(=O)CC(N)=O)cc3)CC2)cc1. The van der Waals surface area contributed by atoms with Crippen LogP contribution < -0.4 is 20.7 Å². The quantitative estimate of drug-likeness (QED) is 0.654. The van der Waals surface area contributed by atoms with Crippen molar-refractivity contribution in [2.75, 3.05) is 24.6 Å². The summed E-state index contributed by atoms with van der Waals surface area (Å²) in [5.74, 6) is 0.487. The van der Waals surface area contributed by atoms with Gasteiger partial charge in [0.05, 0.1) is 12.6 Å². The van der Waals surface area contributed by atoms with E-state index in [2.05, 4.69) is 46.6 Å². The molecule has 0 spiro atoms. The lowest BCUT2D eigenvalue weighted by Gasteiger charge is -2.34. The molecule has 0 aliphatic carbocycles. The predicted octanol–water partition coefficient (Wildman–Crippen LogP) is 3.52. The van der Waals surface area contributed by atoms with Gasteiger partial charge in [0.2, 0.25) is 11.8 Å². The Morgan fingerprint density at radius 1 is 1.10 bits per heavy atom. The van der Waals surface area contributed by atoms with Crippen molar-refractivity contribution in [3.63, 3.8) is 0 Å². The van der Waals surface area contributed by atoms with Crippen LogP contribution in [0.3, 0.4) is 0 Å². The maximum Gasteiger partial charge on any atom is 0.229 e. The van der Waals surface area contributed by atoms with Crippen LogP contribution >= 0.6 is 0 Å². The fraction of sp³-hybridized carbons (Fsp3) is 0.417. The molecule has 6 nitrogen and oxygen atoms in total. The Bertz CT molecular complexity index is 841. The van der Waals surface area contributed by atoms with Crippen LogP contribution in [-0.4, -0.2) is 31.5 Å². The van der Waals surface area contributed by atoms with Gasteiger partial charge >= 0.3 is 0 Å². The molecule has 0 bridgehead atoms. The van der Waals surface area contributed by atoms with Gasteiger partial charge in [0, 0.05) is 18.8 Å². The lowest BCUT2D eigenvalue weighted by atomic mass is 9.88. The van der Waals surface area contributed by atoms with Crippen molar-refractivity contribution in [1.82, 2.24) is 5.32 Å². The van der Waals surface area contributed by atoms with Gasteiger partial charge in [-0.15, -0.1) is 0 Å². The molecule has 160 valence electrons. The van der Waals surface area contributed by atoms with E-state index in [-0.39, 0.29) is 18.4 Å². The highest BCUT2D eigenvalue weighted by molar-refractivity contribution is 5.96. The van der Waals surface area contributed by atoms with E-state index in [0.717, 1.165) is 37.2 Å². The summed E-state index contributed by atoms with van der Waals surface area (Å²) in [6.45, 7) is 6.64. The van der Waals surface area contributed by atoms with Crippen molar-refractivity contribution in [2.24, 2.45) is 5.73 Å². The minimum absolute atomic E-state index is 0.160. The van der Waals surface area contributed by atoms with Gasteiger partial charge in [-0.3, -0.25) is 9.59 Å². The number of amides is 2. The largest absolute Gasteiger partial charge is 0.494 e. The molecule has 6 heteroatoms. The average molecular weight is 410 g/mol. The number of nitrogens with zero attached hydrogens (tertiary/aromatic N) is 1. The zero-order valence-corrected chi connectivity index (χ0v) is 17.8. The van der Waals surface area contributed by atoms with E-state index < -0.39 is 5.91 Å². The first-order valence-electron chi connectivity index (χ1n) is 10.6. The highest BCUT2D eigenvalue weighted by Crippen LogP contribution is 2.31. The molecule has 1 aliphatic heterocycles. The summed E-state index contributed by atoms with van der Waals surface area (Å²) < 4.78 is 5.53. The number of anilines is 1. The zero-order valence-electron chi connectivity index (χ0n) is 17.8. The normalized spacial score (nSPS) is 15.5. The van der Waals surface area contributed by atoms with Gasteiger partial charge in [0.1, 0.15) is 12.2 Å². The van der Waals surface area contributed by atoms with E-state index in [4.69, 9.17) is 10.5 Å². The third-order valence-electron chi connectivity index (χ3n) is 5.63. The number of hydrogen-bond acceptors (Lipinski definition) is 4. The topological polar surface area (TPSA) is 84.7 Å². The summed E-state index contributed by atoms with van der Waals surface area (Å²) in [6, 6.07) is 16.6. The maximum absolute atomic E-state index is 11.7. The number of benzene rings is 2. The molecule has 0 radical (unpaired) electrons. The second-order valence-electron chi connectivity index (χ2n) is 7.79. The number of nitrogens with one attached hydrogen (secondary N) is 1. The molecule has 1 atom stereocenters. The number of nitrogens with two attached hydrogens (primary N) is 1. The Morgan fingerprint density at radius 3 is 2.30 bits per heavy atom. The number of rotatable bonds is 8. The number of carbonyl (C=O) groups is 2. The Labute approximate surface area is 178 Å². The van der Waals surface area contributed by atoms with Crippen LogP contribution in [-0.2, 0) is 9.59 Å². The number of hydrogen-bond donors (Lipinski definition) is 2. The Kier molecular flexibility index (Phi) is 7.33. The van der Waals surface area contributed by atoms with Gasteiger partial charge in [-0.2, -0.15) is 0 Å². The van der Waals surface area contributed by atoms with Crippen molar-refractivity contribution >= 4 is 17.5 Å². The predicted molar refractivity (Wildman–Crippen MR) is 119 cm³/mol. The third-order valence-corrected chi connectivity index (χ3v) is 5.63. The van der Waals surface area contributed by atoms with Crippen LogP contribution in [0.4, 0.5) is 5.69 Å². The minimum atomic E-state index is -0.619. The van der Waals surface area contributed by atoms with E-state index in [0.29, 0.717) is 12.5 Å². The molecule has 2 amide bonds. The molecule has 1 saturated heterocycles. The summed E-state index contributed by atoms with van der Waals surface area (Å²) >= 11 is 0. The van der Waals surface area contributed by atoms with Crippen LogP contribution in [0.25, 0.3) is 0 Å². The number of carbonyl (C=O) groups excluding carboxylic acids is 2. The van der Waals surface area contributed by atoms with E-state index >= 15 is 0 Å². The average Bonchev–Trinajstić information content (AvgIpc) is 2.74. The second kappa shape index (κ2) is 10.1. The summed E-state index contributed by atoms with van der Waals surface area (Å²) in [4.78, 5) is 25.0. The van der Waals surface area contributed by atoms with Crippen LogP contribution in [0.2, 0.25) is 0 Å². The van der Waals surface area contributed by atoms with Crippen molar-refractivity contribution in [2.45, 2.75) is 45.1 Å². The van der Waals surface area contributed by atoms with Gasteiger partial charge in [-0.05, 0) is 68.0 Å². The summed E-state index contributed by atoms with van der Waals surface area (Å²) in [5, 5.41) is 2.81. The van der Waals surface area contributed by atoms with Gasteiger partial charge in [0.25, 0.3) is 0 Å². The Morgan fingerprint density at radius 2 is 1.73 bits per heavy atom. The molecule has 2 aromatic rings. The van der Waals surface area contributed by atoms with Crippen LogP contribution in [0.1, 0.15) is 56.2 Å². The second-order valence-corrected chi connectivity index (χ2v) is 7.79. The summed E-state index contributed by atoms with van der Waals surface area (Å²) in [7, 11) is 0. The van der Waals surface area contributed by atoms with E-state index in [9.17, 15) is 9.59 Å². The molecule has 3 rings (SSSR count). The van der Waals surface area contributed by atoms with Crippen molar-refractivity contribution < 1.29 is 14.3 Å². The minimum Gasteiger partial charge on any atom is -0.494 e. The van der Waals surface area contributed by atoms with Crippen molar-refractivity contribution in [3.8, 4) is 5.75 Å². The van der Waals surface area contributed by atoms with Gasteiger partial charge < -0.3 is 20.7 Å². The molecule has 0 aromatic heterocycles. The summed E-state index contributed by atoms with van der Waals surface area (Å²) in [6.07, 6.45) is 1.93. The molecule has 1 fully saturated rings. The molecular formula is C24H31N3O3. The molecule has 30 heavy (non-hydrogen) atoms. The fourth-order valence-electron chi connectivity index (χ4n) is 3.98. The smallest absolute Gasteiger partial charge is 0.229 e. The number of piperidine rings is 1. The first kappa shape index (κ1) is 21.7. The third kappa shape index (κ3) is 5.75. The summed E-state index contributed by atoms with van der Waals surface area (Å²) in [5.41, 5.74) is 8.66. The molecular weight excluding hydrogens is 378 g/mol. The number of ether oxygens (including phenoxy) is 1. The van der Waals surface area contributed by atoms with Crippen LogP contribution in [0.15, 0.2) is 48.5 Å². The molecule has 1 aliphatic rings. The molecule has 3 N–H and O–H groups in total. The van der Waals surface area contributed by atoms with Gasteiger partial charge in [-0.1, -0.05) is 24.3 Å². The molecule has 2 aromatic carbocycles. The lowest BCUT2D eigenvalue weighted by molar-refractivity contribution is -0.128. The standard InChI is InChI=1S/C24H31N3O3/c1-3-30-22-10-8-21(9-11-22)27-14-12-20(13-15-27)19-6-4-18(5-7-19)17(2)26-24(29)16-23(25)28/h4-11,17,20H,3,12-16H2,1-2H3,(H2,25,28)(H,26,29)/t17-/m0/s1. The van der Waals surface area contributed by atoms with E-state index in [1.165, 1.54) is 11.3 Å². The Hall–Kier alpha value is -3.02. The molecule has 0 saturated carbocycles. The zero-order chi connectivity index (χ0) is 21.5. The highest BCUT2D eigenvalue weighted by atomic mass is 16.5. The van der Waals surface area contributed by atoms with Gasteiger partial charge in [0.15, 0.2) is 0 Å². The molecule has 1 heterocycles. The highest BCUT2D eigenvalue weighted by Gasteiger charge is 2.21. The van der Waals surface area contributed by atoms with Crippen LogP contribution in [0.5, 0.6) is 5.75 Å². The van der Waals surface area contributed by atoms with E-state index in [1.54, 1.807) is 0 Å². The number of primary amides is 1. The lowest BCUT2D eigenvalue weighted by Crippen LogP contribution is -2.32. The first-order valence-corrected chi connectivity index (χ1v) is 10.6. The van der Waals surface area contributed by atoms with Gasteiger partial charge in [-0.25, -0.2) is 0 Å². The maximum atomic E-state index is 11.7. The van der Waals surface area contributed by atoms with Crippen molar-refractivity contribution in [1.29, 1.82) is 0 Å². The van der Waals surface area contributed by atoms with E-state index in [1.807, 2.05) is 26.0 Å². The first-order chi connectivity index (χ1) is 14.5. The Balaban J connectivity index is 1.53. The monoisotopic (exact) mass is 409 g/mol. The van der Waals surface area contributed by atoms with Crippen LogP contribution in [0, 0.1) is 0 Å². The molecule has 0 unspecified atom stereocenters. The fourth-order valence-corrected chi connectivity index (χ4v) is 3.98. The van der Waals surface area contributed by atoms with Crippen molar-refractivity contribution in [3.05, 3.63) is 59.7 Å².